The third kappa shape index (κ3) is 2.64. The first kappa shape index (κ1) is 12.1. The summed E-state index contributed by atoms with van der Waals surface area (Å²) in [4.78, 5) is 4.55. The molecule has 17 heavy (non-hydrogen) atoms. The Labute approximate surface area is 103 Å². The van der Waals surface area contributed by atoms with E-state index in [0.29, 0.717) is 5.92 Å². The van der Waals surface area contributed by atoms with Crippen molar-refractivity contribution in [1.29, 1.82) is 0 Å². The van der Waals surface area contributed by atoms with E-state index in [1.807, 2.05) is 13.0 Å². The van der Waals surface area contributed by atoms with E-state index in [0.717, 1.165) is 17.6 Å². The van der Waals surface area contributed by atoms with Crippen LogP contribution in [0.5, 0.6) is 0 Å². The molecule has 0 aliphatic heterocycles. The standard InChI is InChI=1S/C15H20N2/c1-10(2)14(16)9-12-8-11(3)17-15-7-5-4-6-13(12)15/h4-8,10,14H,9,16H2,1-3H3. The fourth-order valence-corrected chi connectivity index (χ4v) is 2.05. The zero-order chi connectivity index (χ0) is 12.4. The summed E-state index contributed by atoms with van der Waals surface area (Å²) in [6.45, 7) is 6.37. The highest BCUT2D eigenvalue weighted by Gasteiger charge is 2.11. The van der Waals surface area contributed by atoms with Gasteiger partial charge in [-0.05, 0) is 37.0 Å². The second-order valence-corrected chi connectivity index (χ2v) is 5.05. The molecular formula is C15H20N2. The van der Waals surface area contributed by atoms with Gasteiger partial charge in [-0.25, -0.2) is 0 Å². The molecule has 1 atom stereocenters. The highest BCUT2D eigenvalue weighted by Crippen LogP contribution is 2.20. The van der Waals surface area contributed by atoms with E-state index < -0.39 is 0 Å². The lowest BCUT2D eigenvalue weighted by molar-refractivity contribution is 0.491. The second kappa shape index (κ2) is 4.84. The SMILES string of the molecule is Cc1cc(CC(N)C(C)C)c2ccccc2n1. The Morgan fingerprint density at radius 2 is 1.94 bits per heavy atom. The Balaban J connectivity index is 2.45. The van der Waals surface area contributed by atoms with Gasteiger partial charge in [0.2, 0.25) is 0 Å². The van der Waals surface area contributed by atoms with Crippen LogP contribution in [0.1, 0.15) is 25.1 Å². The maximum Gasteiger partial charge on any atom is 0.0707 e. The van der Waals surface area contributed by atoms with E-state index >= 15 is 0 Å². The Morgan fingerprint density at radius 3 is 2.65 bits per heavy atom. The van der Waals surface area contributed by atoms with Gasteiger partial charge in [0.05, 0.1) is 5.52 Å². The normalized spacial score (nSPS) is 13.2. The topological polar surface area (TPSA) is 38.9 Å². The van der Waals surface area contributed by atoms with Gasteiger partial charge in [-0.15, -0.1) is 0 Å². The monoisotopic (exact) mass is 228 g/mol. The highest BCUT2D eigenvalue weighted by atomic mass is 14.7. The summed E-state index contributed by atoms with van der Waals surface area (Å²) in [6, 6.07) is 10.6. The van der Waals surface area contributed by atoms with E-state index in [2.05, 4.69) is 43.1 Å². The van der Waals surface area contributed by atoms with Crippen LogP contribution >= 0.6 is 0 Å². The molecule has 0 amide bonds. The fourth-order valence-electron chi connectivity index (χ4n) is 2.05. The minimum atomic E-state index is 0.209. The number of pyridine rings is 1. The maximum absolute atomic E-state index is 6.17. The summed E-state index contributed by atoms with van der Waals surface area (Å²) in [5.41, 5.74) is 9.62. The largest absolute Gasteiger partial charge is 0.327 e. The van der Waals surface area contributed by atoms with Crippen LogP contribution < -0.4 is 5.73 Å². The van der Waals surface area contributed by atoms with E-state index in [1.165, 1.54) is 10.9 Å². The minimum absolute atomic E-state index is 0.209. The molecule has 0 bridgehead atoms. The summed E-state index contributed by atoms with van der Waals surface area (Å²) < 4.78 is 0. The zero-order valence-corrected chi connectivity index (χ0v) is 10.8. The van der Waals surface area contributed by atoms with Crippen LogP contribution in [0.2, 0.25) is 0 Å². The van der Waals surface area contributed by atoms with Crippen molar-refractivity contribution in [2.24, 2.45) is 11.7 Å². The van der Waals surface area contributed by atoms with Gasteiger partial charge in [0, 0.05) is 17.1 Å². The van der Waals surface area contributed by atoms with Crippen molar-refractivity contribution in [1.82, 2.24) is 4.98 Å². The van der Waals surface area contributed by atoms with Gasteiger partial charge in [0.25, 0.3) is 0 Å². The number of aromatic nitrogens is 1. The van der Waals surface area contributed by atoms with Crippen molar-refractivity contribution < 1.29 is 0 Å². The van der Waals surface area contributed by atoms with Crippen LogP contribution in [0.15, 0.2) is 30.3 Å². The number of aryl methyl sites for hydroxylation is 1. The first-order chi connectivity index (χ1) is 8.08. The number of hydrogen-bond acceptors (Lipinski definition) is 2. The molecule has 2 aromatic rings. The van der Waals surface area contributed by atoms with Gasteiger partial charge >= 0.3 is 0 Å². The Morgan fingerprint density at radius 1 is 1.24 bits per heavy atom. The van der Waals surface area contributed by atoms with Crippen molar-refractivity contribution in [3.8, 4) is 0 Å². The van der Waals surface area contributed by atoms with Crippen LogP contribution in [0.25, 0.3) is 10.9 Å². The lowest BCUT2D eigenvalue weighted by Crippen LogP contribution is -2.28. The molecule has 0 spiro atoms. The molecule has 1 aromatic carbocycles. The second-order valence-electron chi connectivity index (χ2n) is 5.05. The van der Waals surface area contributed by atoms with Crippen molar-refractivity contribution in [3.63, 3.8) is 0 Å². The van der Waals surface area contributed by atoms with Crippen molar-refractivity contribution in [2.75, 3.05) is 0 Å². The minimum Gasteiger partial charge on any atom is -0.327 e. The molecular weight excluding hydrogens is 208 g/mol. The molecule has 2 heteroatoms. The Bertz CT molecular complexity index is 517. The van der Waals surface area contributed by atoms with E-state index in [-0.39, 0.29) is 6.04 Å². The summed E-state index contributed by atoms with van der Waals surface area (Å²) in [6.07, 6.45) is 0.918. The number of nitrogens with zero attached hydrogens (tertiary/aromatic N) is 1. The molecule has 0 aliphatic carbocycles. The van der Waals surface area contributed by atoms with Gasteiger partial charge < -0.3 is 5.73 Å². The van der Waals surface area contributed by atoms with Crippen LogP contribution in [-0.2, 0) is 6.42 Å². The number of nitrogens with two attached hydrogens (primary N) is 1. The first-order valence-corrected chi connectivity index (χ1v) is 6.19. The molecule has 0 aliphatic rings. The maximum atomic E-state index is 6.17. The zero-order valence-electron chi connectivity index (χ0n) is 10.8. The van der Waals surface area contributed by atoms with E-state index in [4.69, 9.17) is 5.73 Å². The van der Waals surface area contributed by atoms with Gasteiger partial charge in [0.1, 0.15) is 0 Å². The summed E-state index contributed by atoms with van der Waals surface area (Å²) in [5, 5.41) is 1.23. The Hall–Kier alpha value is -1.41. The molecule has 90 valence electrons. The van der Waals surface area contributed by atoms with Gasteiger partial charge in [0.15, 0.2) is 0 Å². The van der Waals surface area contributed by atoms with Gasteiger partial charge in [-0.2, -0.15) is 0 Å². The Kier molecular flexibility index (Phi) is 3.43. The summed E-state index contributed by atoms with van der Waals surface area (Å²) >= 11 is 0. The first-order valence-electron chi connectivity index (χ1n) is 6.19. The van der Waals surface area contributed by atoms with Gasteiger partial charge in [-0.3, -0.25) is 4.98 Å². The number of fused-ring (bicyclic) bond motifs is 1. The third-order valence-electron chi connectivity index (χ3n) is 3.24. The average Bonchev–Trinajstić information content (AvgIpc) is 2.28. The van der Waals surface area contributed by atoms with Crippen molar-refractivity contribution in [2.45, 2.75) is 33.2 Å². The fraction of sp³-hybridized carbons (Fsp3) is 0.400. The number of hydrogen-bond donors (Lipinski definition) is 1. The highest BCUT2D eigenvalue weighted by molar-refractivity contribution is 5.82. The number of rotatable bonds is 3. The molecule has 1 heterocycles. The quantitative estimate of drug-likeness (QED) is 0.876. The smallest absolute Gasteiger partial charge is 0.0707 e. The summed E-state index contributed by atoms with van der Waals surface area (Å²) in [7, 11) is 0. The predicted molar refractivity (Wildman–Crippen MR) is 73.0 cm³/mol. The van der Waals surface area contributed by atoms with Crippen LogP contribution in [0.3, 0.4) is 0 Å². The lowest BCUT2D eigenvalue weighted by Gasteiger charge is -2.17. The lowest BCUT2D eigenvalue weighted by atomic mass is 9.95. The average molecular weight is 228 g/mol. The van der Waals surface area contributed by atoms with Crippen LogP contribution in [0, 0.1) is 12.8 Å². The third-order valence-corrected chi connectivity index (χ3v) is 3.24. The van der Waals surface area contributed by atoms with E-state index in [1.54, 1.807) is 0 Å². The molecule has 0 saturated heterocycles. The van der Waals surface area contributed by atoms with E-state index in [9.17, 15) is 0 Å². The molecule has 0 saturated carbocycles. The van der Waals surface area contributed by atoms with Crippen molar-refractivity contribution in [3.05, 3.63) is 41.6 Å². The van der Waals surface area contributed by atoms with Crippen LogP contribution in [-0.4, -0.2) is 11.0 Å². The van der Waals surface area contributed by atoms with Crippen molar-refractivity contribution >= 4 is 10.9 Å². The molecule has 2 rings (SSSR count). The molecule has 0 radical (unpaired) electrons. The molecule has 2 nitrogen and oxygen atoms in total. The van der Waals surface area contributed by atoms with Gasteiger partial charge in [-0.1, -0.05) is 32.0 Å². The molecule has 1 unspecified atom stereocenters. The number of para-hydroxylation sites is 1. The van der Waals surface area contributed by atoms with Crippen LogP contribution in [0.4, 0.5) is 0 Å². The molecule has 2 N–H and O–H groups in total. The molecule has 1 aromatic heterocycles. The molecule has 0 fully saturated rings. The predicted octanol–water partition coefficient (Wildman–Crippen LogP) is 3.07. The number of benzene rings is 1. The summed E-state index contributed by atoms with van der Waals surface area (Å²) in [5.74, 6) is 0.502.